The summed E-state index contributed by atoms with van der Waals surface area (Å²) in [7, 11) is 0. The lowest BCUT2D eigenvalue weighted by Gasteiger charge is -2.26. The van der Waals surface area contributed by atoms with Gasteiger partial charge in [-0.15, -0.1) is 0 Å². The van der Waals surface area contributed by atoms with Gasteiger partial charge >= 0.3 is 0 Å². The van der Waals surface area contributed by atoms with Crippen LogP contribution in [0.2, 0.25) is 0 Å². The molecule has 1 aromatic heterocycles. The van der Waals surface area contributed by atoms with E-state index < -0.39 is 5.76 Å². The molecule has 1 unspecified atom stereocenters. The van der Waals surface area contributed by atoms with Crippen molar-refractivity contribution in [1.82, 2.24) is 10.2 Å². The Labute approximate surface area is 124 Å². The van der Waals surface area contributed by atoms with Crippen LogP contribution in [0.4, 0.5) is 8.78 Å². The molecule has 1 atom stereocenters. The first kappa shape index (κ1) is 17.5. The summed E-state index contributed by atoms with van der Waals surface area (Å²) in [4.78, 5) is 2.37. The van der Waals surface area contributed by atoms with E-state index >= 15 is 0 Å². The monoisotopic (exact) mass is 306 g/mol. The van der Waals surface area contributed by atoms with E-state index in [-0.39, 0.29) is 5.75 Å². The Hall–Kier alpha value is -0.590. The average Bonchev–Trinajstić information content (AvgIpc) is 2.86. The van der Waals surface area contributed by atoms with Crippen LogP contribution in [-0.2, 0) is 12.3 Å². The molecule has 0 amide bonds. The molecule has 1 N–H and O–H groups in total. The number of hydrogen-bond donors (Lipinski definition) is 1. The van der Waals surface area contributed by atoms with Gasteiger partial charge in [0.2, 0.25) is 0 Å². The van der Waals surface area contributed by atoms with Crippen LogP contribution >= 0.6 is 11.8 Å². The van der Waals surface area contributed by atoms with Gasteiger partial charge in [-0.1, -0.05) is 25.6 Å². The fourth-order valence-electron chi connectivity index (χ4n) is 2.12. The number of nitrogens with zero attached hydrogens (tertiary/aromatic N) is 1. The van der Waals surface area contributed by atoms with Gasteiger partial charge in [-0.2, -0.15) is 8.78 Å². The summed E-state index contributed by atoms with van der Waals surface area (Å²) in [5.41, 5.74) is 0. The standard InChI is InChI=1S/C14H24F2N2OS/c1-4-18(5-2)11(3)8-17-9-12-6-7-13(19-12)10-20-14(15)16/h6-7,11,14,17H,4-5,8-10H2,1-3H3. The zero-order valence-corrected chi connectivity index (χ0v) is 13.2. The second-order valence-corrected chi connectivity index (χ2v) is 5.62. The van der Waals surface area contributed by atoms with E-state index in [4.69, 9.17) is 4.42 Å². The Balaban J connectivity index is 2.28. The van der Waals surface area contributed by atoms with Crippen LogP contribution in [0.25, 0.3) is 0 Å². The fraction of sp³-hybridized carbons (Fsp3) is 0.714. The lowest BCUT2D eigenvalue weighted by Crippen LogP contribution is -2.39. The Morgan fingerprint density at radius 2 is 1.90 bits per heavy atom. The van der Waals surface area contributed by atoms with Crippen LogP contribution in [0.5, 0.6) is 0 Å². The minimum absolute atomic E-state index is 0.216. The number of nitrogens with one attached hydrogen (secondary N) is 1. The van der Waals surface area contributed by atoms with Gasteiger partial charge in [-0.25, -0.2) is 0 Å². The van der Waals surface area contributed by atoms with Gasteiger partial charge < -0.3 is 9.73 Å². The molecule has 0 saturated heterocycles. The minimum atomic E-state index is -2.35. The molecule has 0 bridgehead atoms. The number of rotatable bonds is 10. The highest BCUT2D eigenvalue weighted by atomic mass is 32.2. The van der Waals surface area contributed by atoms with Crippen LogP contribution in [0.15, 0.2) is 16.5 Å². The lowest BCUT2D eigenvalue weighted by molar-refractivity contribution is 0.224. The number of alkyl halides is 2. The molecule has 0 aliphatic carbocycles. The van der Waals surface area contributed by atoms with E-state index in [9.17, 15) is 8.78 Å². The minimum Gasteiger partial charge on any atom is -0.464 e. The summed E-state index contributed by atoms with van der Waals surface area (Å²) in [6.07, 6.45) is 0. The van der Waals surface area contributed by atoms with Gasteiger partial charge in [0.1, 0.15) is 11.5 Å². The van der Waals surface area contributed by atoms with E-state index in [0.29, 0.717) is 30.1 Å². The number of likely N-dealkylation sites (N-methyl/N-ethyl adjacent to an activating group) is 1. The molecule has 0 aliphatic rings. The summed E-state index contributed by atoms with van der Waals surface area (Å²) < 4.78 is 29.6. The zero-order chi connectivity index (χ0) is 15.0. The number of furan rings is 1. The van der Waals surface area contributed by atoms with E-state index in [1.54, 1.807) is 6.07 Å². The number of halogens is 2. The second kappa shape index (κ2) is 9.37. The smallest absolute Gasteiger partial charge is 0.284 e. The van der Waals surface area contributed by atoms with Crippen LogP contribution in [0.1, 0.15) is 32.3 Å². The highest BCUT2D eigenvalue weighted by Gasteiger charge is 2.10. The predicted octanol–water partition coefficient (Wildman–Crippen LogP) is 3.56. The fourth-order valence-corrected chi connectivity index (χ4v) is 2.57. The van der Waals surface area contributed by atoms with Crippen molar-refractivity contribution in [3.05, 3.63) is 23.7 Å². The SMILES string of the molecule is CCN(CC)C(C)CNCc1ccc(CSC(F)F)o1. The quantitative estimate of drug-likeness (QED) is 0.715. The molecule has 0 aliphatic heterocycles. The maximum absolute atomic E-state index is 12.1. The molecule has 0 radical (unpaired) electrons. The predicted molar refractivity (Wildman–Crippen MR) is 80.1 cm³/mol. The third kappa shape index (κ3) is 6.24. The van der Waals surface area contributed by atoms with Crippen molar-refractivity contribution in [1.29, 1.82) is 0 Å². The Morgan fingerprint density at radius 3 is 2.50 bits per heavy atom. The van der Waals surface area contributed by atoms with Crippen molar-refractivity contribution >= 4 is 11.8 Å². The van der Waals surface area contributed by atoms with Crippen LogP contribution in [0, 0.1) is 0 Å². The van der Waals surface area contributed by atoms with Crippen LogP contribution in [-0.4, -0.2) is 36.3 Å². The van der Waals surface area contributed by atoms with E-state index in [0.717, 1.165) is 25.4 Å². The first-order chi connectivity index (χ1) is 9.56. The van der Waals surface area contributed by atoms with Crippen molar-refractivity contribution in [3.8, 4) is 0 Å². The normalized spacial score (nSPS) is 13.3. The number of thioether (sulfide) groups is 1. The summed E-state index contributed by atoms with van der Waals surface area (Å²) in [6.45, 7) is 10.1. The van der Waals surface area contributed by atoms with Crippen molar-refractivity contribution in [2.45, 2.75) is 44.9 Å². The van der Waals surface area contributed by atoms with Gasteiger partial charge in [0.25, 0.3) is 5.76 Å². The van der Waals surface area contributed by atoms with Crippen LogP contribution < -0.4 is 5.32 Å². The van der Waals surface area contributed by atoms with Crippen molar-refractivity contribution in [2.75, 3.05) is 19.6 Å². The van der Waals surface area contributed by atoms with Gasteiger partial charge in [-0.3, -0.25) is 4.90 Å². The Bertz CT molecular complexity index is 370. The molecule has 116 valence electrons. The molecular formula is C14H24F2N2OS. The first-order valence-electron chi connectivity index (χ1n) is 6.98. The molecule has 6 heteroatoms. The molecule has 20 heavy (non-hydrogen) atoms. The van der Waals surface area contributed by atoms with Crippen molar-refractivity contribution < 1.29 is 13.2 Å². The summed E-state index contributed by atoms with van der Waals surface area (Å²) in [6, 6.07) is 4.07. The molecule has 1 aromatic rings. The maximum Gasteiger partial charge on any atom is 0.284 e. The third-order valence-corrected chi connectivity index (χ3v) is 3.95. The van der Waals surface area contributed by atoms with Gasteiger partial charge in [0.05, 0.1) is 12.3 Å². The van der Waals surface area contributed by atoms with E-state index in [1.807, 2.05) is 6.07 Å². The highest BCUT2D eigenvalue weighted by Crippen LogP contribution is 2.21. The summed E-state index contributed by atoms with van der Waals surface area (Å²) in [5.74, 6) is -0.741. The van der Waals surface area contributed by atoms with Gasteiger partial charge in [0.15, 0.2) is 0 Å². The largest absolute Gasteiger partial charge is 0.464 e. The molecule has 0 saturated carbocycles. The van der Waals surface area contributed by atoms with Crippen LogP contribution in [0.3, 0.4) is 0 Å². The topological polar surface area (TPSA) is 28.4 Å². The zero-order valence-electron chi connectivity index (χ0n) is 12.4. The molecular weight excluding hydrogens is 282 g/mol. The Kier molecular flexibility index (Phi) is 8.18. The third-order valence-electron chi connectivity index (χ3n) is 3.24. The second-order valence-electron chi connectivity index (χ2n) is 4.64. The van der Waals surface area contributed by atoms with Crippen molar-refractivity contribution in [3.63, 3.8) is 0 Å². The molecule has 0 aromatic carbocycles. The first-order valence-corrected chi connectivity index (χ1v) is 8.03. The summed E-state index contributed by atoms with van der Waals surface area (Å²) in [5, 5.41) is 3.34. The van der Waals surface area contributed by atoms with E-state index in [1.165, 1.54) is 0 Å². The lowest BCUT2D eigenvalue weighted by atomic mass is 10.2. The average molecular weight is 306 g/mol. The highest BCUT2D eigenvalue weighted by molar-refractivity contribution is 7.98. The van der Waals surface area contributed by atoms with Gasteiger partial charge in [0, 0.05) is 12.6 Å². The number of hydrogen-bond acceptors (Lipinski definition) is 4. The maximum atomic E-state index is 12.1. The van der Waals surface area contributed by atoms with Crippen molar-refractivity contribution in [2.24, 2.45) is 0 Å². The van der Waals surface area contributed by atoms with Gasteiger partial charge in [-0.05, 0) is 32.1 Å². The molecule has 3 nitrogen and oxygen atoms in total. The summed E-state index contributed by atoms with van der Waals surface area (Å²) >= 11 is 0.582. The Morgan fingerprint density at radius 1 is 1.25 bits per heavy atom. The molecule has 1 rings (SSSR count). The molecule has 0 fully saturated rings. The van der Waals surface area contributed by atoms with E-state index in [2.05, 4.69) is 31.0 Å². The molecule has 0 spiro atoms. The molecule has 1 heterocycles.